The molecule has 10 heteroatoms. The lowest BCUT2D eigenvalue weighted by molar-refractivity contribution is -0.163. The first-order valence-corrected chi connectivity index (χ1v) is 8.08. The number of phenolic OH excluding ortho intramolecular Hbond substituents is 2. The second-order valence-corrected chi connectivity index (χ2v) is 6.00. The third kappa shape index (κ3) is 3.96. The van der Waals surface area contributed by atoms with E-state index in [4.69, 9.17) is 19.4 Å². The summed E-state index contributed by atoms with van der Waals surface area (Å²) in [5, 5.41) is 46.7. The van der Waals surface area contributed by atoms with Crippen molar-refractivity contribution in [1.29, 1.82) is 0 Å². The van der Waals surface area contributed by atoms with Crippen LogP contribution in [0.15, 0.2) is 51.7 Å². The maximum Gasteiger partial charge on any atom is 0.348 e. The molecule has 0 spiro atoms. The van der Waals surface area contributed by atoms with E-state index < -0.39 is 35.3 Å². The van der Waals surface area contributed by atoms with E-state index in [0.717, 1.165) is 18.2 Å². The van der Waals surface area contributed by atoms with Crippen LogP contribution in [-0.4, -0.2) is 49.7 Å². The lowest BCUT2D eigenvalue weighted by Gasteiger charge is -2.18. The van der Waals surface area contributed by atoms with Gasteiger partial charge in [0.05, 0.1) is 0 Å². The van der Waals surface area contributed by atoms with Crippen LogP contribution in [0.3, 0.4) is 0 Å². The number of aliphatic carboxylic acids is 2. The molecule has 2 aromatic carbocycles. The van der Waals surface area contributed by atoms with Gasteiger partial charge in [-0.1, -0.05) is 0 Å². The van der Waals surface area contributed by atoms with Crippen LogP contribution in [0.2, 0.25) is 0 Å². The first-order chi connectivity index (χ1) is 13.7. The number of aliphatic hydroxyl groups excluding tert-OH is 1. The van der Waals surface area contributed by atoms with Crippen molar-refractivity contribution in [2.24, 2.45) is 0 Å². The molecule has 3 rings (SSSR count). The Morgan fingerprint density at radius 3 is 2.21 bits per heavy atom. The van der Waals surface area contributed by atoms with Gasteiger partial charge in [0, 0.05) is 23.8 Å². The molecule has 0 radical (unpaired) electrons. The van der Waals surface area contributed by atoms with E-state index in [1.807, 2.05) is 0 Å². The van der Waals surface area contributed by atoms with Crippen LogP contribution in [0.25, 0.3) is 22.3 Å². The van der Waals surface area contributed by atoms with E-state index in [1.165, 1.54) is 24.3 Å². The van der Waals surface area contributed by atoms with Crippen molar-refractivity contribution in [3.63, 3.8) is 0 Å². The number of rotatable bonds is 6. The predicted molar refractivity (Wildman–Crippen MR) is 96.9 cm³/mol. The maximum absolute atomic E-state index is 12.4. The van der Waals surface area contributed by atoms with Gasteiger partial charge in [-0.05, 0) is 24.3 Å². The van der Waals surface area contributed by atoms with Crippen LogP contribution < -0.4 is 10.2 Å². The average Bonchev–Trinajstić information content (AvgIpc) is 2.65. The Morgan fingerprint density at radius 2 is 1.62 bits per heavy atom. The molecule has 2 atom stereocenters. The van der Waals surface area contributed by atoms with Gasteiger partial charge in [0.1, 0.15) is 34.0 Å². The second kappa shape index (κ2) is 7.52. The smallest absolute Gasteiger partial charge is 0.348 e. The molecule has 0 saturated carbocycles. The van der Waals surface area contributed by atoms with Crippen LogP contribution in [-0.2, 0) is 9.59 Å². The molecule has 0 aliphatic carbocycles. The van der Waals surface area contributed by atoms with E-state index in [0.29, 0.717) is 5.56 Å². The summed E-state index contributed by atoms with van der Waals surface area (Å²) in [6, 6.07) is 8.85. The van der Waals surface area contributed by atoms with Gasteiger partial charge >= 0.3 is 11.9 Å². The van der Waals surface area contributed by atoms with Gasteiger partial charge in [0.2, 0.25) is 6.10 Å². The number of benzene rings is 2. The minimum Gasteiger partial charge on any atom is -0.508 e. The first-order valence-electron chi connectivity index (χ1n) is 8.08. The molecular formula is C19H14O10. The summed E-state index contributed by atoms with van der Waals surface area (Å²) in [6.45, 7) is 0. The fourth-order valence-corrected chi connectivity index (χ4v) is 2.61. The summed E-state index contributed by atoms with van der Waals surface area (Å²) in [7, 11) is 0. The summed E-state index contributed by atoms with van der Waals surface area (Å²) in [4.78, 5) is 34.5. The molecule has 1 heterocycles. The lowest BCUT2D eigenvalue weighted by atomic mass is 10.1. The van der Waals surface area contributed by atoms with E-state index >= 15 is 0 Å². The molecule has 0 saturated heterocycles. The van der Waals surface area contributed by atoms with E-state index in [-0.39, 0.29) is 28.2 Å². The van der Waals surface area contributed by atoms with Crippen LogP contribution in [0.1, 0.15) is 0 Å². The number of phenols is 2. The molecule has 0 amide bonds. The normalized spacial score (nSPS) is 13.0. The van der Waals surface area contributed by atoms with Crippen LogP contribution in [0.4, 0.5) is 0 Å². The molecular weight excluding hydrogens is 388 g/mol. The van der Waals surface area contributed by atoms with Gasteiger partial charge in [0.15, 0.2) is 11.5 Å². The number of carbonyl (C=O) groups is 2. The zero-order valence-corrected chi connectivity index (χ0v) is 14.5. The van der Waals surface area contributed by atoms with E-state index in [2.05, 4.69) is 0 Å². The van der Waals surface area contributed by atoms with E-state index in [1.54, 1.807) is 0 Å². The number of ether oxygens (including phenoxy) is 1. The molecule has 2 unspecified atom stereocenters. The van der Waals surface area contributed by atoms with Gasteiger partial charge < -0.3 is 34.7 Å². The van der Waals surface area contributed by atoms with Crippen LogP contribution in [0.5, 0.6) is 17.2 Å². The first kappa shape index (κ1) is 19.7. The predicted octanol–water partition coefficient (Wildman–Crippen LogP) is 1.15. The molecule has 29 heavy (non-hydrogen) atoms. The summed E-state index contributed by atoms with van der Waals surface area (Å²) in [5.74, 6) is -4.39. The highest BCUT2D eigenvalue weighted by molar-refractivity contribution is 5.87. The molecule has 0 aliphatic rings. The van der Waals surface area contributed by atoms with Gasteiger partial charge in [-0.15, -0.1) is 0 Å². The molecule has 1 aromatic heterocycles. The van der Waals surface area contributed by atoms with Crippen molar-refractivity contribution in [3.8, 4) is 28.6 Å². The van der Waals surface area contributed by atoms with Crippen molar-refractivity contribution >= 4 is 22.9 Å². The zero-order chi connectivity index (χ0) is 21.3. The molecule has 0 bridgehead atoms. The summed E-state index contributed by atoms with van der Waals surface area (Å²) < 4.78 is 10.6. The Balaban J connectivity index is 2.09. The van der Waals surface area contributed by atoms with E-state index in [9.17, 15) is 29.7 Å². The Labute approximate surface area is 161 Å². The topological polar surface area (TPSA) is 175 Å². The van der Waals surface area contributed by atoms with Gasteiger partial charge in [0.25, 0.3) is 0 Å². The summed E-state index contributed by atoms with van der Waals surface area (Å²) in [6.07, 6.45) is -4.54. The van der Waals surface area contributed by atoms with Crippen molar-refractivity contribution in [1.82, 2.24) is 0 Å². The lowest BCUT2D eigenvalue weighted by Crippen LogP contribution is -2.43. The third-order valence-corrected chi connectivity index (χ3v) is 3.98. The second-order valence-electron chi connectivity index (χ2n) is 6.00. The van der Waals surface area contributed by atoms with Crippen molar-refractivity contribution in [2.75, 3.05) is 0 Å². The Kier molecular flexibility index (Phi) is 5.11. The fraction of sp³-hybridized carbons (Fsp3) is 0.105. The summed E-state index contributed by atoms with van der Waals surface area (Å²) >= 11 is 0. The molecule has 3 aromatic rings. The van der Waals surface area contributed by atoms with Gasteiger partial charge in [-0.25, -0.2) is 9.59 Å². The highest BCUT2D eigenvalue weighted by atomic mass is 16.5. The van der Waals surface area contributed by atoms with Gasteiger partial charge in [-0.2, -0.15) is 0 Å². The third-order valence-electron chi connectivity index (χ3n) is 3.98. The number of hydrogen-bond donors (Lipinski definition) is 5. The number of aromatic hydroxyl groups is 2. The quantitative estimate of drug-likeness (QED) is 0.402. The molecule has 0 aliphatic heterocycles. The van der Waals surface area contributed by atoms with Gasteiger partial charge in [-0.3, -0.25) is 4.79 Å². The largest absolute Gasteiger partial charge is 0.508 e. The minimum atomic E-state index is -2.37. The van der Waals surface area contributed by atoms with Crippen LogP contribution in [0, 0.1) is 0 Å². The SMILES string of the molecule is O=C(O)C(O)C(Oc1cc(O)c2c(=O)cc(-c3ccc(O)cc3)oc2c1)C(=O)O. The molecule has 150 valence electrons. The number of hydrogen-bond acceptors (Lipinski definition) is 8. The Hall–Kier alpha value is -4.05. The average molecular weight is 402 g/mol. The standard InChI is InChI=1S/C19H14O10/c20-9-3-1-8(2-4-9)13-7-12(22)15-11(21)5-10(6-14(15)29-13)28-17(19(26)27)16(23)18(24)25/h1-7,16-17,20-21,23H,(H,24,25)(H,26,27). The fourth-order valence-electron chi connectivity index (χ4n) is 2.61. The number of fused-ring (bicyclic) bond motifs is 1. The Bertz CT molecular complexity index is 1150. The minimum absolute atomic E-state index is 0.00178. The zero-order valence-electron chi connectivity index (χ0n) is 14.5. The van der Waals surface area contributed by atoms with Crippen molar-refractivity contribution < 1.29 is 44.3 Å². The molecule has 10 nitrogen and oxygen atoms in total. The number of aliphatic hydroxyl groups is 1. The highest BCUT2D eigenvalue weighted by Gasteiger charge is 2.34. The maximum atomic E-state index is 12.4. The van der Waals surface area contributed by atoms with Crippen molar-refractivity contribution in [2.45, 2.75) is 12.2 Å². The molecule has 0 fully saturated rings. The monoisotopic (exact) mass is 402 g/mol. The highest BCUT2D eigenvalue weighted by Crippen LogP contribution is 2.32. The Morgan fingerprint density at radius 1 is 0.966 bits per heavy atom. The number of carboxylic acids is 2. The van der Waals surface area contributed by atoms with Crippen LogP contribution >= 0.6 is 0 Å². The van der Waals surface area contributed by atoms with Crippen molar-refractivity contribution in [3.05, 3.63) is 52.7 Å². The molecule has 5 N–H and O–H groups in total. The summed E-state index contributed by atoms with van der Waals surface area (Å²) in [5.41, 5.74) is -0.319. The number of carboxylic acid groups (broad SMARTS) is 2.